The van der Waals surface area contributed by atoms with E-state index in [1.807, 2.05) is 11.0 Å². The number of para-hydroxylation sites is 1. The van der Waals surface area contributed by atoms with E-state index in [1.165, 1.54) is 22.0 Å². The highest BCUT2D eigenvalue weighted by molar-refractivity contribution is 6.00. The van der Waals surface area contributed by atoms with Gasteiger partial charge in [-0.15, -0.1) is 0 Å². The normalized spacial score (nSPS) is 14.1. The van der Waals surface area contributed by atoms with Crippen molar-refractivity contribution in [3.05, 3.63) is 65.9 Å². The maximum atomic E-state index is 13.2. The smallest absolute Gasteiger partial charge is 0.261 e. The van der Waals surface area contributed by atoms with Gasteiger partial charge < -0.3 is 18.9 Å². The fourth-order valence-electron chi connectivity index (χ4n) is 3.92. The van der Waals surface area contributed by atoms with E-state index in [-0.39, 0.29) is 5.91 Å². The number of amides is 1. The highest BCUT2D eigenvalue weighted by Crippen LogP contribution is 2.33. The van der Waals surface area contributed by atoms with Gasteiger partial charge in [-0.25, -0.2) is 0 Å². The lowest BCUT2D eigenvalue weighted by Crippen LogP contribution is -2.35. The van der Waals surface area contributed by atoms with Crippen LogP contribution >= 0.6 is 0 Å². The minimum Gasteiger partial charge on any atom is -0.496 e. The molecule has 5 heteroatoms. The number of carbonyl (C=O) groups is 1. The minimum atomic E-state index is -0.0671. The molecule has 1 aliphatic rings. The van der Waals surface area contributed by atoms with Crippen molar-refractivity contribution in [3.8, 4) is 11.5 Å². The molecule has 28 heavy (non-hydrogen) atoms. The number of nitrogens with zero attached hydrogens (tertiary/aromatic N) is 2. The van der Waals surface area contributed by atoms with Crippen molar-refractivity contribution in [2.45, 2.75) is 6.42 Å². The van der Waals surface area contributed by atoms with Crippen LogP contribution in [-0.4, -0.2) is 42.7 Å². The zero-order valence-corrected chi connectivity index (χ0v) is 16.4. The van der Waals surface area contributed by atoms with E-state index in [1.54, 1.807) is 26.4 Å². The zero-order valence-electron chi connectivity index (χ0n) is 16.4. The number of ether oxygens (including phenoxy) is 2. The molecular weight excluding hydrogens is 352 g/mol. The van der Waals surface area contributed by atoms with Gasteiger partial charge >= 0.3 is 0 Å². The second kappa shape index (κ2) is 7.43. The molecule has 0 unspecified atom stereocenters. The third-order valence-electron chi connectivity index (χ3n) is 5.38. The van der Waals surface area contributed by atoms with Crippen LogP contribution in [0.2, 0.25) is 0 Å². The molecule has 0 saturated carbocycles. The van der Waals surface area contributed by atoms with Crippen molar-refractivity contribution >= 4 is 22.4 Å². The summed E-state index contributed by atoms with van der Waals surface area (Å²) in [4.78, 5) is 15.0. The highest BCUT2D eigenvalue weighted by atomic mass is 16.5. The lowest BCUT2D eigenvalue weighted by atomic mass is 9.98. The Bertz CT molecular complexity index is 1040. The molecule has 5 nitrogen and oxygen atoms in total. The molecule has 1 aliphatic heterocycles. The van der Waals surface area contributed by atoms with Gasteiger partial charge in [0, 0.05) is 42.8 Å². The van der Waals surface area contributed by atoms with Gasteiger partial charge in [0.25, 0.3) is 5.91 Å². The molecule has 1 amide bonds. The van der Waals surface area contributed by atoms with Crippen LogP contribution in [0.25, 0.3) is 16.5 Å². The maximum absolute atomic E-state index is 13.2. The van der Waals surface area contributed by atoms with Crippen molar-refractivity contribution in [2.24, 2.45) is 7.05 Å². The Kier molecular flexibility index (Phi) is 4.82. The van der Waals surface area contributed by atoms with Crippen LogP contribution in [0.5, 0.6) is 11.5 Å². The number of fused-ring (bicyclic) bond motifs is 1. The van der Waals surface area contributed by atoms with E-state index in [4.69, 9.17) is 9.47 Å². The Morgan fingerprint density at radius 2 is 1.71 bits per heavy atom. The summed E-state index contributed by atoms with van der Waals surface area (Å²) >= 11 is 0. The van der Waals surface area contributed by atoms with Crippen LogP contribution in [0.3, 0.4) is 0 Å². The van der Waals surface area contributed by atoms with E-state index >= 15 is 0 Å². The average molecular weight is 376 g/mol. The predicted octanol–water partition coefficient (Wildman–Crippen LogP) is 4.13. The van der Waals surface area contributed by atoms with Crippen LogP contribution in [0.1, 0.15) is 22.3 Å². The average Bonchev–Trinajstić information content (AvgIpc) is 3.09. The minimum absolute atomic E-state index is 0.0671. The van der Waals surface area contributed by atoms with Crippen molar-refractivity contribution < 1.29 is 14.3 Å². The largest absolute Gasteiger partial charge is 0.496 e. The Balaban J connectivity index is 1.62. The summed E-state index contributed by atoms with van der Waals surface area (Å²) in [5.41, 5.74) is 4.23. The van der Waals surface area contributed by atoms with Crippen molar-refractivity contribution in [1.29, 1.82) is 0 Å². The molecule has 0 radical (unpaired) electrons. The molecule has 0 saturated heterocycles. The van der Waals surface area contributed by atoms with Crippen LogP contribution in [0.4, 0.5) is 0 Å². The van der Waals surface area contributed by atoms with E-state index in [2.05, 4.69) is 48.2 Å². The Labute approximate surface area is 164 Å². The molecule has 144 valence electrons. The first kappa shape index (κ1) is 18.2. The van der Waals surface area contributed by atoms with Gasteiger partial charge in [0.1, 0.15) is 17.1 Å². The number of methoxy groups -OCH3 is 2. The SMILES string of the molecule is COc1cccc(OC)c1C(=O)N1CC=C(c2cn(C)c3ccccc23)CC1. The van der Waals surface area contributed by atoms with Gasteiger partial charge in [-0.3, -0.25) is 4.79 Å². The summed E-state index contributed by atoms with van der Waals surface area (Å²) in [6.07, 6.45) is 5.15. The second-order valence-electron chi connectivity index (χ2n) is 6.94. The molecule has 2 heterocycles. The molecule has 0 spiro atoms. The lowest BCUT2D eigenvalue weighted by Gasteiger charge is -2.27. The van der Waals surface area contributed by atoms with Crippen LogP contribution in [-0.2, 0) is 7.05 Å². The molecule has 4 rings (SSSR count). The summed E-state index contributed by atoms with van der Waals surface area (Å²) in [5.74, 6) is 1.00. The Morgan fingerprint density at radius 1 is 1.00 bits per heavy atom. The fourth-order valence-corrected chi connectivity index (χ4v) is 3.92. The topological polar surface area (TPSA) is 43.7 Å². The first-order chi connectivity index (χ1) is 13.6. The number of aromatic nitrogens is 1. The molecule has 0 fully saturated rings. The fraction of sp³-hybridized carbons (Fsp3) is 0.261. The summed E-state index contributed by atoms with van der Waals surface area (Å²) in [5, 5.41) is 1.25. The maximum Gasteiger partial charge on any atom is 0.261 e. The summed E-state index contributed by atoms with van der Waals surface area (Å²) < 4.78 is 12.9. The standard InChI is InChI=1S/C23H24N2O3/c1-24-15-18(17-7-4-5-8-19(17)24)16-11-13-25(14-12-16)23(26)22-20(27-2)9-6-10-21(22)28-3/h4-11,15H,12-14H2,1-3H3. The van der Waals surface area contributed by atoms with Gasteiger partial charge in [0.2, 0.25) is 0 Å². The predicted molar refractivity (Wildman–Crippen MR) is 111 cm³/mol. The Morgan fingerprint density at radius 3 is 2.36 bits per heavy atom. The van der Waals surface area contributed by atoms with E-state index < -0.39 is 0 Å². The number of hydrogen-bond donors (Lipinski definition) is 0. The third kappa shape index (κ3) is 3.03. The van der Waals surface area contributed by atoms with Crippen molar-refractivity contribution in [2.75, 3.05) is 27.3 Å². The van der Waals surface area contributed by atoms with Crippen LogP contribution < -0.4 is 9.47 Å². The molecule has 0 N–H and O–H groups in total. The molecule has 1 aromatic heterocycles. The van der Waals surface area contributed by atoms with Gasteiger partial charge in [-0.05, 0) is 30.2 Å². The van der Waals surface area contributed by atoms with E-state index in [0.717, 1.165) is 6.42 Å². The molecular formula is C23H24N2O3. The van der Waals surface area contributed by atoms with Gasteiger partial charge in [0.15, 0.2) is 0 Å². The Hall–Kier alpha value is -3.21. The van der Waals surface area contributed by atoms with Crippen molar-refractivity contribution in [1.82, 2.24) is 9.47 Å². The van der Waals surface area contributed by atoms with Gasteiger partial charge in [-0.2, -0.15) is 0 Å². The first-order valence-corrected chi connectivity index (χ1v) is 9.37. The lowest BCUT2D eigenvalue weighted by molar-refractivity contribution is 0.0766. The second-order valence-corrected chi connectivity index (χ2v) is 6.94. The first-order valence-electron chi connectivity index (χ1n) is 9.37. The van der Waals surface area contributed by atoms with E-state index in [0.29, 0.717) is 30.2 Å². The molecule has 0 aliphatic carbocycles. The van der Waals surface area contributed by atoms with Gasteiger partial charge in [-0.1, -0.05) is 30.3 Å². The van der Waals surface area contributed by atoms with Crippen LogP contribution in [0, 0.1) is 0 Å². The van der Waals surface area contributed by atoms with E-state index in [9.17, 15) is 4.79 Å². The number of aryl methyl sites for hydroxylation is 1. The van der Waals surface area contributed by atoms with Crippen molar-refractivity contribution in [3.63, 3.8) is 0 Å². The molecule has 2 aromatic carbocycles. The zero-order chi connectivity index (χ0) is 19.7. The summed E-state index contributed by atoms with van der Waals surface area (Å²) in [6.45, 7) is 1.23. The number of carbonyl (C=O) groups excluding carboxylic acids is 1. The summed E-state index contributed by atoms with van der Waals surface area (Å²) in [7, 11) is 5.21. The third-order valence-corrected chi connectivity index (χ3v) is 5.38. The quantitative estimate of drug-likeness (QED) is 0.688. The molecule has 0 bridgehead atoms. The van der Waals surface area contributed by atoms with Crippen LogP contribution in [0.15, 0.2) is 54.7 Å². The highest BCUT2D eigenvalue weighted by Gasteiger charge is 2.26. The number of rotatable bonds is 4. The monoisotopic (exact) mass is 376 g/mol. The number of benzene rings is 2. The summed E-state index contributed by atoms with van der Waals surface area (Å²) in [6, 6.07) is 13.8. The van der Waals surface area contributed by atoms with Gasteiger partial charge in [0.05, 0.1) is 14.2 Å². The molecule has 3 aromatic rings. The number of hydrogen-bond acceptors (Lipinski definition) is 3. The molecule has 0 atom stereocenters.